The van der Waals surface area contributed by atoms with E-state index in [1.54, 1.807) is 36.4 Å². The van der Waals surface area contributed by atoms with E-state index >= 15 is 0 Å². The van der Waals surface area contributed by atoms with Gasteiger partial charge in [-0.1, -0.05) is 31.9 Å². The number of benzene rings is 1. The molecule has 4 heteroatoms. The van der Waals surface area contributed by atoms with Gasteiger partial charge in [-0.25, -0.2) is 4.79 Å². The van der Waals surface area contributed by atoms with Gasteiger partial charge in [0.15, 0.2) is 12.0 Å². The van der Waals surface area contributed by atoms with Gasteiger partial charge < -0.3 is 9.15 Å². The number of hydrogen-bond donors (Lipinski definition) is 0. The largest absolute Gasteiger partial charge is 0.462 e. The highest BCUT2D eigenvalue weighted by Crippen LogP contribution is 2.22. The molecule has 1 aromatic heterocycles. The molecule has 0 fully saturated rings. The predicted molar refractivity (Wildman–Crippen MR) is 79.3 cm³/mol. The van der Waals surface area contributed by atoms with Crippen molar-refractivity contribution in [2.75, 3.05) is 6.61 Å². The lowest BCUT2D eigenvalue weighted by Crippen LogP contribution is -2.06. The fourth-order valence-corrected chi connectivity index (χ4v) is 1.94. The fourth-order valence-electron chi connectivity index (χ4n) is 1.94. The smallest absolute Gasteiger partial charge is 0.338 e. The predicted octanol–water partition coefficient (Wildman–Crippen LogP) is 4.11. The highest BCUT2D eigenvalue weighted by molar-refractivity contribution is 5.90. The van der Waals surface area contributed by atoms with E-state index in [9.17, 15) is 9.59 Å². The third-order valence-corrected chi connectivity index (χ3v) is 3.13. The molecule has 0 saturated heterocycles. The molecule has 2 aromatic rings. The van der Waals surface area contributed by atoms with E-state index in [0.717, 1.165) is 24.8 Å². The number of furan rings is 1. The molecule has 0 unspecified atom stereocenters. The fraction of sp³-hybridized carbons (Fsp3) is 0.294. The minimum Gasteiger partial charge on any atom is -0.462 e. The molecule has 21 heavy (non-hydrogen) atoms. The number of carbonyl (C=O) groups is 2. The van der Waals surface area contributed by atoms with Gasteiger partial charge in [-0.05, 0) is 30.7 Å². The van der Waals surface area contributed by atoms with Gasteiger partial charge in [-0.3, -0.25) is 4.79 Å². The Bertz CT molecular complexity index is 596. The molecular weight excluding hydrogens is 268 g/mol. The van der Waals surface area contributed by atoms with Crippen molar-refractivity contribution in [2.45, 2.75) is 26.2 Å². The van der Waals surface area contributed by atoms with Gasteiger partial charge in [-0.15, -0.1) is 0 Å². The zero-order chi connectivity index (χ0) is 15.1. The van der Waals surface area contributed by atoms with E-state index in [-0.39, 0.29) is 11.7 Å². The highest BCUT2D eigenvalue weighted by atomic mass is 16.5. The quantitative estimate of drug-likeness (QED) is 0.436. The van der Waals surface area contributed by atoms with Crippen molar-refractivity contribution >= 4 is 12.3 Å². The molecule has 4 nitrogen and oxygen atoms in total. The van der Waals surface area contributed by atoms with Gasteiger partial charge in [0.1, 0.15) is 5.76 Å². The molecular formula is C17H18O4. The monoisotopic (exact) mass is 286 g/mol. The summed E-state index contributed by atoms with van der Waals surface area (Å²) >= 11 is 0. The van der Waals surface area contributed by atoms with E-state index in [2.05, 4.69) is 6.92 Å². The second-order valence-electron chi connectivity index (χ2n) is 4.74. The average molecular weight is 286 g/mol. The maximum Gasteiger partial charge on any atom is 0.338 e. The van der Waals surface area contributed by atoms with Crippen LogP contribution in [0.2, 0.25) is 0 Å². The zero-order valence-corrected chi connectivity index (χ0v) is 12.0. The Morgan fingerprint density at radius 3 is 2.52 bits per heavy atom. The first kappa shape index (κ1) is 15.0. The third kappa shape index (κ3) is 4.05. The molecule has 0 N–H and O–H groups in total. The molecule has 0 aliphatic carbocycles. The summed E-state index contributed by atoms with van der Waals surface area (Å²) in [6.07, 6.45) is 3.70. The van der Waals surface area contributed by atoms with E-state index in [1.807, 2.05) is 0 Å². The first-order valence-corrected chi connectivity index (χ1v) is 7.07. The van der Waals surface area contributed by atoms with E-state index in [1.165, 1.54) is 0 Å². The molecule has 110 valence electrons. The van der Waals surface area contributed by atoms with Crippen molar-refractivity contribution in [1.82, 2.24) is 0 Å². The Hall–Kier alpha value is -2.36. The maximum absolute atomic E-state index is 11.8. The summed E-state index contributed by atoms with van der Waals surface area (Å²) in [7, 11) is 0. The second-order valence-corrected chi connectivity index (χ2v) is 4.74. The van der Waals surface area contributed by atoms with Crippen LogP contribution in [0.1, 0.15) is 47.1 Å². The lowest BCUT2D eigenvalue weighted by Gasteiger charge is -2.05. The summed E-state index contributed by atoms with van der Waals surface area (Å²) in [4.78, 5) is 22.4. The van der Waals surface area contributed by atoms with Crippen molar-refractivity contribution in [3.63, 3.8) is 0 Å². The summed E-state index contributed by atoms with van der Waals surface area (Å²) in [5, 5.41) is 0. The normalized spacial score (nSPS) is 10.3. The van der Waals surface area contributed by atoms with Crippen LogP contribution in [0, 0.1) is 0 Å². The van der Waals surface area contributed by atoms with E-state index < -0.39 is 0 Å². The Kier molecular flexibility index (Phi) is 5.32. The third-order valence-electron chi connectivity index (χ3n) is 3.13. The Morgan fingerprint density at radius 2 is 1.90 bits per heavy atom. The molecule has 0 amide bonds. The van der Waals surface area contributed by atoms with Crippen molar-refractivity contribution in [3.05, 3.63) is 47.7 Å². The summed E-state index contributed by atoms with van der Waals surface area (Å²) in [5.41, 5.74) is 1.32. The molecule has 0 saturated carbocycles. The summed E-state index contributed by atoms with van der Waals surface area (Å²) in [6.45, 7) is 2.56. The maximum atomic E-state index is 11.8. The minimum absolute atomic E-state index is 0.282. The summed E-state index contributed by atoms with van der Waals surface area (Å²) in [5.74, 6) is 0.565. The number of unbranched alkanes of at least 4 members (excludes halogenated alkanes) is 2. The van der Waals surface area contributed by atoms with Crippen LogP contribution in [0.4, 0.5) is 0 Å². The lowest BCUT2D eigenvalue weighted by molar-refractivity contribution is 0.0498. The van der Waals surface area contributed by atoms with E-state index in [0.29, 0.717) is 24.2 Å². The van der Waals surface area contributed by atoms with Crippen LogP contribution in [-0.4, -0.2) is 18.9 Å². The molecule has 0 spiro atoms. The van der Waals surface area contributed by atoms with Crippen molar-refractivity contribution in [1.29, 1.82) is 0 Å². The standard InChI is InChI=1S/C17H18O4/c1-2-3-4-11-20-17(19)14-7-5-13(6-8-14)16-10-9-15(12-18)21-16/h5-10,12H,2-4,11H2,1H3. The van der Waals surface area contributed by atoms with Crippen molar-refractivity contribution in [3.8, 4) is 11.3 Å². The first-order chi connectivity index (χ1) is 10.2. The number of ether oxygens (including phenoxy) is 1. The number of aldehydes is 1. The topological polar surface area (TPSA) is 56.5 Å². The SMILES string of the molecule is CCCCCOC(=O)c1ccc(-c2ccc(C=O)o2)cc1. The number of esters is 1. The lowest BCUT2D eigenvalue weighted by atomic mass is 10.1. The van der Waals surface area contributed by atoms with Gasteiger partial charge in [0.25, 0.3) is 0 Å². The molecule has 0 bridgehead atoms. The average Bonchev–Trinajstić information content (AvgIpc) is 3.00. The second kappa shape index (κ2) is 7.43. The Labute approximate surface area is 123 Å². The molecule has 0 radical (unpaired) electrons. The molecule has 0 aliphatic rings. The molecule has 0 atom stereocenters. The number of carbonyl (C=O) groups excluding carboxylic acids is 2. The van der Waals surface area contributed by atoms with Crippen LogP contribution in [-0.2, 0) is 4.74 Å². The van der Waals surface area contributed by atoms with Crippen LogP contribution < -0.4 is 0 Å². The number of rotatable bonds is 7. The van der Waals surface area contributed by atoms with Crippen molar-refractivity contribution in [2.24, 2.45) is 0 Å². The molecule has 2 rings (SSSR count). The first-order valence-electron chi connectivity index (χ1n) is 7.07. The molecule has 1 heterocycles. The van der Waals surface area contributed by atoms with Gasteiger partial charge >= 0.3 is 5.97 Å². The van der Waals surface area contributed by atoms with E-state index in [4.69, 9.17) is 9.15 Å². The van der Waals surface area contributed by atoms with Gasteiger partial charge in [0.2, 0.25) is 0 Å². The van der Waals surface area contributed by atoms with Crippen molar-refractivity contribution < 1.29 is 18.7 Å². The van der Waals surface area contributed by atoms with Crippen LogP contribution in [0.15, 0.2) is 40.8 Å². The van der Waals surface area contributed by atoms with Crippen LogP contribution >= 0.6 is 0 Å². The molecule has 1 aromatic carbocycles. The Balaban J connectivity index is 1.98. The Morgan fingerprint density at radius 1 is 1.14 bits per heavy atom. The van der Waals surface area contributed by atoms with Gasteiger partial charge in [0, 0.05) is 5.56 Å². The summed E-state index contributed by atoms with van der Waals surface area (Å²) in [6, 6.07) is 10.3. The molecule has 0 aliphatic heterocycles. The highest BCUT2D eigenvalue weighted by Gasteiger charge is 2.09. The van der Waals surface area contributed by atoms with Gasteiger partial charge in [-0.2, -0.15) is 0 Å². The minimum atomic E-state index is -0.314. The van der Waals surface area contributed by atoms with Crippen LogP contribution in [0.5, 0.6) is 0 Å². The van der Waals surface area contributed by atoms with Crippen LogP contribution in [0.25, 0.3) is 11.3 Å². The number of hydrogen-bond acceptors (Lipinski definition) is 4. The van der Waals surface area contributed by atoms with Gasteiger partial charge in [0.05, 0.1) is 12.2 Å². The zero-order valence-electron chi connectivity index (χ0n) is 12.0. The summed E-state index contributed by atoms with van der Waals surface area (Å²) < 4.78 is 10.5. The van der Waals surface area contributed by atoms with Crippen LogP contribution in [0.3, 0.4) is 0 Å².